The fourth-order valence-electron chi connectivity index (χ4n) is 4.33. The van der Waals surface area contributed by atoms with Gasteiger partial charge in [0.25, 0.3) is 0 Å². The summed E-state index contributed by atoms with van der Waals surface area (Å²) in [5.74, 6) is 0.234. The van der Waals surface area contributed by atoms with Gasteiger partial charge in [0.1, 0.15) is 0 Å². The molecule has 2 aliphatic heterocycles. The fourth-order valence-corrected chi connectivity index (χ4v) is 4.33. The summed E-state index contributed by atoms with van der Waals surface area (Å²) in [4.78, 5) is 29.0. The molecule has 0 saturated carbocycles. The predicted molar refractivity (Wildman–Crippen MR) is 106 cm³/mol. The topological polar surface area (TPSA) is 61.9 Å². The molecule has 2 aliphatic rings. The molecule has 1 aromatic rings. The molecule has 1 N–H and O–H groups in total. The predicted octanol–water partition coefficient (Wildman–Crippen LogP) is 3.27. The molecule has 0 radical (unpaired) electrons. The number of nitrogens with zero attached hydrogens (tertiary/aromatic N) is 2. The van der Waals surface area contributed by atoms with Gasteiger partial charge >= 0.3 is 6.03 Å². The number of piperidine rings is 2. The van der Waals surface area contributed by atoms with E-state index in [1.165, 1.54) is 0 Å². The summed E-state index contributed by atoms with van der Waals surface area (Å²) in [5, 5.41) is 3.05. The van der Waals surface area contributed by atoms with Gasteiger partial charge in [-0.2, -0.15) is 0 Å². The van der Waals surface area contributed by atoms with Crippen molar-refractivity contribution in [1.29, 1.82) is 0 Å². The SMILES string of the molecule is COCCCN1C[C@@]2(CCCN(C(=O)Nc3ccccc3C)C2)CCC1=O. The average Bonchev–Trinajstić information content (AvgIpc) is 2.67. The van der Waals surface area contributed by atoms with Crippen LogP contribution in [0.25, 0.3) is 0 Å². The quantitative estimate of drug-likeness (QED) is 0.806. The zero-order chi connectivity index (χ0) is 19.3. The second-order valence-electron chi connectivity index (χ2n) is 7.93. The Balaban J connectivity index is 1.63. The number of benzene rings is 1. The highest BCUT2D eigenvalue weighted by atomic mass is 16.5. The van der Waals surface area contributed by atoms with Gasteiger partial charge in [0, 0.05) is 57.4 Å². The van der Waals surface area contributed by atoms with Crippen LogP contribution in [0.3, 0.4) is 0 Å². The number of methoxy groups -OCH3 is 1. The molecule has 0 aliphatic carbocycles. The molecule has 2 saturated heterocycles. The smallest absolute Gasteiger partial charge is 0.321 e. The summed E-state index contributed by atoms with van der Waals surface area (Å²) in [6, 6.07) is 7.80. The van der Waals surface area contributed by atoms with Gasteiger partial charge < -0.3 is 19.9 Å². The van der Waals surface area contributed by atoms with Crippen molar-refractivity contribution in [2.24, 2.45) is 5.41 Å². The summed E-state index contributed by atoms with van der Waals surface area (Å²) < 4.78 is 5.12. The molecule has 27 heavy (non-hydrogen) atoms. The Morgan fingerprint density at radius 1 is 1.26 bits per heavy atom. The van der Waals surface area contributed by atoms with E-state index < -0.39 is 0 Å². The molecular formula is C21H31N3O3. The largest absolute Gasteiger partial charge is 0.385 e. The first-order valence-electron chi connectivity index (χ1n) is 9.91. The number of ether oxygens (including phenoxy) is 1. The number of hydrogen-bond acceptors (Lipinski definition) is 3. The molecule has 2 fully saturated rings. The number of aryl methyl sites for hydroxylation is 1. The second kappa shape index (κ2) is 8.74. The van der Waals surface area contributed by atoms with Gasteiger partial charge in [-0.1, -0.05) is 18.2 Å². The van der Waals surface area contributed by atoms with Crippen LogP contribution in [-0.2, 0) is 9.53 Å². The minimum absolute atomic E-state index is 0.0301. The lowest BCUT2D eigenvalue weighted by molar-refractivity contribution is -0.139. The number of nitrogens with one attached hydrogen (secondary N) is 1. The van der Waals surface area contributed by atoms with Crippen molar-refractivity contribution in [3.05, 3.63) is 29.8 Å². The third-order valence-electron chi connectivity index (χ3n) is 5.86. The zero-order valence-corrected chi connectivity index (χ0v) is 16.5. The van der Waals surface area contributed by atoms with Crippen LogP contribution in [0.5, 0.6) is 0 Å². The number of anilines is 1. The van der Waals surface area contributed by atoms with Gasteiger partial charge in [0.05, 0.1) is 0 Å². The Labute approximate surface area is 161 Å². The maximum atomic E-state index is 12.8. The van der Waals surface area contributed by atoms with Gasteiger partial charge in [-0.15, -0.1) is 0 Å². The van der Waals surface area contributed by atoms with Crippen LogP contribution in [-0.4, -0.2) is 61.6 Å². The van der Waals surface area contributed by atoms with E-state index in [9.17, 15) is 9.59 Å². The Morgan fingerprint density at radius 2 is 2.07 bits per heavy atom. The zero-order valence-electron chi connectivity index (χ0n) is 16.5. The van der Waals surface area contributed by atoms with Crippen molar-refractivity contribution in [3.63, 3.8) is 0 Å². The van der Waals surface area contributed by atoms with E-state index in [-0.39, 0.29) is 17.4 Å². The molecule has 0 aromatic heterocycles. The monoisotopic (exact) mass is 373 g/mol. The molecule has 3 amide bonds. The van der Waals surface area contributed by atoms with Crippen LogP contribution < -0.4 is 5.32 Å². The normalized spacial score (nSPS) is 23.0. The number of amides is 3. The molecule has 0 unspecified atom stereocenters. The highest BCUT2D eigenvalue weighted by Gasteiger charge is 2.42. The molecule has 148 valence electrons. The highest BCUT2D eigenvalue weighted by molar-refractivity contribution is 5.90. The van der Waals surface area contributed by atoms with Crippen LogP contribution in [0.15, 0.2) is 24.3 Å². The van der Waals surface area contributed by atoms with E-state index in [2.05, 4.69) is 5.32 Å². The molecule has 2 heterocycles. The van der Waals surface area contributed by atoms with Crippen LogP contribution in [0, 0.1) is 12.3 Å². The average molecular weight is 373 g/mol. The van der Waals surface area contributed by atoms with E-state index >= 15 is 0 Å². The Morgan fingerprint density at radius 3 is 2.85 bits per heavy atom. The van der Waals surface area contributed by atoms with Gasteiger partial charge in [0.2, 0.25) is 5.91 Å². The Kier molecular flexibility index (Phi) is 6.37. The standard InChI is InChI=1S/C21H31N3O3/c1-17-7-3-4-8-18(17)22-20(26)24-12-5-10-21(16-24)11-9-19(25)23(15-21)13-6-14-27-2/h3-4,7-8H,5-6,9-16H2,1-2H3,(H,22,26)/t21-/m1/s1. The van der Waals surface area contributed by atoms with Gasteiger partial charge in [-0.25, -0.2) is 4.79 Å². The number of likely N-dealkylation sites (tertiary alicyclic amines) is 2. The molecule has 3 rings (SSSR count). The molecule has 1 spiro atoms. The van der Waals surface area contributed by atoms with Crippen LogP contribution in [0.2, 0.25) is 0 Å². The van der Waals surface area contributed by atoms with Crippen LogP contribution in [0.4, 0.5) is 10.5 Å². The molecule has 6 heteroatoms. The van der Waals surface area contributed by atoms with Gasteiger partial charge in [0.15, 0.2) is 0 Å². The third-order valence-corrected chi connectivity index (χ3v) is 5.86. The number of carbonyl (C=O) groups excluding carboxylic acids is 2. The van der Waals surface area contributed by atoms with Crippen molar-refractivity contribution in [3.8, 4) is 0 Å². The maximum absolute atomic E-state index is 12.8. The lowest BCUT2D eigenvalue weighted by Gasteiger charge is -2.48. The van der Waals surface area contributed by atoms with Crippen molar-refractivity contribution in [2.75, 3.05) is 45.2 Å². The molecule has 6 nitrogen and oxygen atoms in total. The maximum Gasteiger partial charge on any atom is 0.321 e. The highest BCUT2D eigenvalue weighted by Crippen LogP contribution is 2.39. The number of carbonyl (C=O) groups is 2. The van der Waals surface area contributed by atoms with Crippen molar-refractivity contribution >= 4 is 17.6 Å². The fraction of sp³-hybridized carbons (Fsp3) is 0.619. The summed E-state index contributed by atoms with van der Waals surface area (Å²) in [6.45, 7) is 5.66. The number of hydrogen-bond donors (Lipinski definition) is 1. The van der Waals surface area contributed by atoms with Crippen molar-refractivity contribution in [2.45, 2.75) is 39.0 Å². The van der Waals surface area contributed by atoms with Crippen molar-refractivity contribution in [1.82, 2.24) is 9.80 Å². The molecule has 1 aromatic carbocycles. The first kappa shape index (κ1) is 19.7. The van der Waals surface area contributed by atoms with E-state index in [1.807, 2.05) is 41.0 Å². The summed E-state index contributed by atoms with van der Waals surface area (Å²) in [5.41, 5.74) is 1.95. The number of urea groups is 1. The molecule has 1 atom stereocenters. The van der Waals surface area contributed by atoms with E-state index in [0.717, 1.165) is 63.1 Å². The first-order chi connectivity index (χ1) is 13.0. The van der Waals surface area contributed by atoms with E-state index in [4.69, 9.17) is 4.74 Å². The Hall–Kier alpha value is -2.08. The van der Waals surface area contributed by atoms with Gasteiger partial charge in [-0.3, -0.25) is 4.79 Å². The van der Waals surface area contributed by atoms with Crippen LogP contribution in [0.1, 0.15) is 37.7 Å². The lowest BCUT2D eigenvalue weighted by atomic mass is 9.73. The molecule has 0 bridgehead atoms. The van der Waals surface area contributed by atoms with Crippen LogP contribution >= 0.6 is 0 Å². The number of rotatable bonds is 5. The van der Waals surface area contributed by atoms with Crippen molar-refractivity contribution < 1.29 is 14.3 Å². The summed E-state index contributed by atoms with van der Waals surface area (Å²) >= 11 is 0. The first-order valence-corrected chi connectivity index (χ1v) is 9.91. The van der Waals surface area contributed by atoms with E-state index in [1.54, 1.807) is 7.11 Å². The lowest BCUT2D eigenvalue weighted by Crippen LogP contribution is -2.55. The van der Waals surface area contributed by atoms with E-state index in [0.29, 0.717) is 13.0 Å². The minimum atomic E-state index is -0.0359. The summed E-state index contributed by atoms with van der Waals surface area (Å²) in [6.07, 6.45) is 4.38. The Bertz CT molecular complexity index is 678. The summed E-state index contributed by atoms with van der Waals surface area (Å²) in [7, 11) is 1.69. The van der Waals surface area contributed by atoms with Gasteiger partial charge in [-0.05, 0) is 44.2 Å². The molecular weight excluding hydrogens is 342 g/mol. The second-order valence-corrected chi connectivity index (χ2v) is 7.93. The number of para-hydroxylation sites is 1. The minimum Gasteiger partial charge on any atom is -0.385 e. The third kappa shape index (κ3) is 4.80.